The van der Waals surface area contributed by atoms with Gasteiger partial charge in [0.15, 0.2) is 5.13 Å². The first-order valence-electron chi connectivity index (χ1n) is 7.33. The van der Waals surface area contributed by atoms with Gasteiger partial charge >= 0.3 is 6.18 Å². The molecule has 2 aromatic rings. The molecule has 1 aromatic heterocycles. The number of thiazole rings is 1. The second-order valence-electron chi connectivity index (χ2n) is 5.66. The number of alkyl halides is 3. The predicted octanol–water partition coefficient (Wildman–Crippen LogP) is 3.42. The Morgan fingerprint density at radius 2 is 2.22 bits per heavy atom. The van der Waals surface area contributed by atoms with E-state index < -0.39 is 11.7 Å². The number of anilines is 1. The second kappa shape index (κ2) is 5.99. The molecule has 1 N–H and O–H groups in total. The van der Waals surface area contributed by atoms with Gasteiger partial charge in [-0.3, -0.25) is 4.79 Å². The van der Waals surface area contributed by atoms with E-state index in [1.54, 1.807) is 0 Å². The molecule has 1 fully saturated rings. The van der Waals surface area contributed by atoms with Crippen LogP contribution in [0.25, 0.3) is 10.2 Å². The van der Waals surface area contributed by atoms with E-state index in [1.165, 1.54) is 24.3 Å². The van der Waals surface area contributed by atoms with Gasteiger partial charge in [-0.2, -0.15) is 13.2 Å². The third-order valence-corrected chi connectivity index (χ3v) is 4.90. The van der Waals surface area contributed by atoms with E-state index >= 15 is 0 Å². The molecule has 0 saturated carbocycles. The highest BCUT2D eigenvalue weighted by Gasteiger charge is 2.31. The maximum absolute atomic E-state index is 12.8. The summed E-state index contributed by atoms with van der Waals surface area (Å²) in [5, 5.41) is 3.59. The number of rotatable bonds is 2. The first-order chi connectivity index (χ1) is 10.8. The highest BCUT2D eigenvalue weighted by atomic mass is 32.1. The molecule has 0 bridgehead atoms. The third kappa shape index (κ3) is 3.57. The zero-order valence-corrected chi connectivity index (χ0v) is 13.3. The number of amides is 1. The number of carbonyl (C=O) groups excluding carboxylic acids is 1. The van der Waals surface area contributed by atoms with Crippen molar-refractivity contribution in [2.75, 3.05) is 18.0 Å². The van der Waals surface area contributed by atoms with Crippen molar-refractivity contribution in [3.8, 4) is 0 Å². The van der Waals surface area contributed by atoms with Gasteiger partial charge in [0.1, 0.15) is 0 Å². The molecule has 1 atom stereocenters. The predicted molar refractivity (Wildman–Crippen MR) is 83.7 cm³/mol. The van der Waals surface area contributed by atoms with Crippen molar-refractivity contribution in [3.05, 3.63) is 23.8 Å². The summed E-state index contributed by atoms with van der Waals surface area (Å²) in [6, 6.07) is 3.69. The lowest BCUT2D eigenvalue weighted by molar-refractivity contribution is -0.137. The molecule has 1 aromatic carbocycles. The van der Waals surface area contributed by atoms with Crippen LogP contribution in [0.4, 0.5) is 18.3 Å². The van der Waals surface area contributed by atoms with E-state index in [2.05, 4.69) is 10.3 Å². The van der Waals surface area contributed by atoms with Crippen LogP contribution in [-0.2, 0) is 11.0 Å². The molecule has 23 heavy (non-hydrogen) atoms. The van der Waals surface area contributed by atoms with Crippen molar-refractivity contribution in [1.29, 1.82) is 0 Å². The molecule has 124 valence electrons. The van der Waals surface area contributed by atoms with Gasteiger partial charge in [0.25, 0.3) is 0 Å². The van der Waals surface area contributed by atoms with Crippen molar-refractivity contribution in [2.24, 2.45) is 0 Å². The first kappa shape index (κ1) is 16.0. The molecule has 3 rings (SSSR count). The van der Waals surface area contributed by atoms with Gasteiger partial charge in [0.05, 0.1) is 15.8 Å². The van der Waals surface area contributed by atoms with Crippen LogP contribution < -0.4 is 10.2 Å². The van der Waals surface area contributed by atoms with E-state index in [9.17, 15) is 18.0 Å². The Bertz CT molecular complexity index is 728. The number of aromatic nitrogens is 1. The number of carbonyl (C=O) groups is 1. The number of halogens is 3. The maximum Gasteiger partial charge on any atom is 0.416 e. The van der Waals surface area contributed by atoms with Gasteiger partial charge < -0.3 is 10.2 Å². The Labute approximate surface area is 135 Å². The molecule has 8 heteroatoms. The van der Waals surface area contributed by atoms with E-state index in [1.807, 2.05) is 4.90 Å². The third-order valence-electron chi connectivity index (χ3n) is 3.80. The summed E-state index contributed by atoms with van der Waals surface area (Å²) in [6.07, 6.45) is -2.55. The van der Waals surface area contributed by atoms with Gasteiger partial charge in [-0.05, 0) is 31.0 Å². The molecule has 1 amide bonds. The summed E-state index contributed by atoms with van der Waals surface area (Å²) in [7, 11) is 0. The van der Waals surface area contributed by atoms with Crippen LogP contribution in [0.15, 0.2) is 18.2 Å². The summed E-state index contributed by atoms with van der Waals surface area (Å²) in [4.78, 5) is 17.6. The highest BCUT2D eigenvalue weighted by molar-refractivity contribution is 7.22. The zero-order chi connectivity index (χ0) is 16.6. The molecular weight excluding hydrogens is 327 g/mol. The number of fused-ring (bicyclic) bond motifs is 1. The molecule has 0 spiro atoms. The number of benzene rings is 1. The Morgan fingerprint density at radius 3 is 2.91 bits per heavy atom. The topological polar surface area (TPSA) is 45.2 Å². The van der Waals surface area contributed by atoms with Crippen molar-refractivity contribution >= 4 is 32.6 Å². The second-order valence-corrected chi connectivity index (χ2v) is 6.67. The largest absolute Gasteiger partial charge is 0.416 e. The molecule has 0 radical (unpaired) electrons. The van der Waals surface area contributed by atoms with E-state index in [4.69, 9.17) is 0 Å². The summed E-state index contributed by atoms with van der Waals surface area (Å²) in [5.74, 6) is -0.0732. The normalized spacial score (nSPS) is 19.1. The molecule has 1 unspecified atom stereocenters. The van der Waals surface area contributed by atoms with E-state index in [-0.39, 0.29) is 11.9 Å². The fraction of sp³-hybridized carbons (Fsp3) is 0.467. The average molecular weight is 343 g/mol. The quantitative estimate of drug-likeness (QED) is 0.909. The lowest BCUT2D eigenvalue weighted by Crippen LogP contribution is -2.47. The van der Waals surface area contributed by atoms with Crippen molar-refractivity contribution in [2.45, 2.75) is 32.0 Å². The summed E-state index contributed by atoms with van der Waals surface area (Å²) in [5.41, 5.74) is -0.321. The van der Waals surface area contributed by atoms with Crippen molar-refractivity contribution < 1.29 is 18.0 Å². The number of hydrogen-bond acceptors (Lipinski definition) is 4. The number of hydrogen-bond donors (Lipinski definition) is 1. The minimum Gasteiger partial charge on any atom is -0.352 e. The molecular formula is C15H16F3N3OS. The smallest absolute Gasteiger partial charge is 0.352 e. The highest BCUT2D eigenvalue weighted by Crippen LogP contribution is 2.35. The molecule has 0 aliphatic carbocycles. The standard InChI is InChI=1S/C15H16F3N3OS/c1-9(22)19-11-3-2-6-21(8-11)14-20-12-7-10(15(16,17)18)4-5-13(12)23-14/h4-5,7,11H,2-3,6,8H2,1H3,(H,19,22). The molecule has 1 aliphatic rings. The number of nitrogens with one attached hydrogen (secondary N) is 1. The van der Waals surface area contributed by atoms with Crippen molar-refractivity contribution in [1.82, 2.24) is 10.3 Å². The van der Waals surface area contributed by atoms with Gasteiger partial charge in [-0.25, -0.2) is 4.98 Å². The average Bonchev–Trinajstić information content (AvgIpc) is 2.89. The summed E-state index contributed by atoms with van der Waals surface area (Å²) < 4.78 is 39.1. The van der Waals surface area contributed by atoms with Crippen LogP contribution in [0.3, 0.4) is 0 Å². The van der Waals surface area contributed by atoms with E-state index in [0.29, 0.717) is 17.2 Å². The van der Waals surface area contributed by atoms with E-state index in [0.717, 1.165) is 36.2 Å². The Balaban J connectivity index is 1.84. The minimum absolute atomic E-state index is 0.0546. The lowest BCUT2D eigenvalue weighted by atomic mass is 10.1. The fourth-order valence-electron chi connectivity index (χ4n) is 2.78. The monoisotopic (exact) mass is 343 g/mol. The molecule has 1 aliphatic heterocycles. The maximum atomic E-state index is 12.8. The molecule has 1 saturated heterocycles. The number of piperidine rings is 1. The Kier molecular flexibility index (Phi) is 4.18. The zero-order valence-electron chi connectivity index (χ0n) is 12.5. The Hall–Kier alpha value is -1.83. The Morgan fingerprint density at radius 1 is 1.43 bits per heavy atom. The van der Waals surface area contributed by atoms with Crippen LogP contribution in [-0.4, -0.2) is 30.0 Å². The van der Waals surface area contributed by atoms with Gasteiger partial charge in [0, 0.05) is 26.1 Å². The minimum atomic E-state index is -4.36. The molecule has 2 heterocycles. The number of nitrogens with zero attached hydrogens (tertiary/aromatic N) is 2. The van der Waals surface area contributed by atoms with Gasteiger partial charge in [-0.1, -0.05) is 11.3 Å². The SMILES string of the molecule is CC(=O)NC1CCCN(c2nc3cc(C(F)(F)F)ccc3s2)C1. The van der Waals surface area contributed by atoms with Crippen LogP contribution in [0, 0.1) is 0 Å². The summed E-state index contributed by atoms with van der Waals surface area (Å²) in [6.45, 7) is 2.91. The first-order valence-corrected chi connectivity index (χ1v) is 8.14. The van der Waals surface area contributed by atoms with Gasteiger partial charge in [0.2, 0.25) is 5.91 Å². The van der Waals surface area contributed by atoms with Crippen molar-refractivity contribution in [3.63, 3.8) is 0 Å². The fourth-order valence-corrected chi connectivity index (χ4v) is 3.76. The molecule has 4 nitrogen and oxygen atoms in total. The van der Waals surface area contributed by atoms with Crippen LogP contribution >= 0.6 is 11.3 Å². The van der Waals surface area contributed by atoms with Crippen LogP contribution in [0.5, 0.6) is 0 Å². The van der Waals surface area contributed by atoms with Crippen LogP contribution in [0.2, 0.25) is 0 Å². The van der Waals surface area contributed by atoms with Crippen LogP contribution in [0.1, 0.15) is 25.3 Å². The summed E-state index contributed by atoms with van der Waals surface area (Å²) >= 11 is 1.38. The lowest BCUT2D eigenvalue weighted by Gasteiger charge is -2.32. The van der Waals surface area contributed by atoms with Gasteiger partial charge in [-0.15, -0.1) is 0 Å².